The van der Waals surface area contributed by atoms with E-state index >= 15 is 0 Å². The molecule has 0 spiro atoms. The summed E-state index contributed by atoms with van der Waals surface area (Å²) in [6.45, 7) is 5.29. The van der Waals surface area contributed by atoms with E-state index in [1.165, 1.54) is 0 Å². The number of nitrogens with zero attached hydrogens (tertiary/aromatic N) is 4. The summed E-state index contributed by atoms with van der Waals surface area (Å²) in [6.07, 6.45) is 4.15. The van der Waals surface area contributed by atoms with Gasteiger partial charge in [0.1, 0.15) is 12.2 Å². The van der Waals surface area contributed by atoms with Crippen molar-refractivity contribution in [2.24, 2.45) is 0 Å². The Morgan fingerprint density at radius 2 is 1.79 bits per heavy atom. The van der Waals surface area contributed by atoms with Gasteiger partial charge in [-0.1, -0.05) is 0 Å². The van der Waals surface area contributed by atoms with Gasteiger partial charge < -0.3 is 29.9 Å². The third-order valence-corrected chi connectivity index (χ3v) is 6.04. The highest BCUT2D eigenvalue weighted by Crippen LogP contribution is 2.27. The standard InChI is InChI=1S/C19H31N5O4/c25-13-16-18(26)17(15(28-16)12-22-14-2-10-27-11-3-14)23-6-8-24(9-7-23)19-20-4-1-5-21-19/h1,4-5,14-18,22,25-26H,2-3,6-13H2. The Morgan fingerprint density at radius 3 is 2.46 bits per heavy atom. The zero-order valence-corrected chi connectivity index (χ0v) is 16.2. The maximum absolute atomic E-state index is 10.8. The molecule has 4 heterocycles. The van der Waals surface area contributed by atoms with Gasteiger partial charge in [0.05, 0.1) is 18.8 Å². The van der Waals surface area contributed by atoms with E-state index in [9.17, 15) is 10.2 Å². The fraction of sp³-hybridized carbons (Fsp3) is 0.789. The molecule has 0 amide bonds. The normalized spacial score (nSPS) is 32.7. The van der Waals surface area contributed by atoms with E-state index in [4.69, 9.17) is 9.47 Å². The van der Waals surface area contributed by atoms with Crippen LogP contribution in [0.15, 0.2) is 18.5 Å². The van der Waals surface area contributed by atoms with E-state index in [0.29, 0.717) is 12.6 Å². The summed E-state index contributed by atoms with van der Waals surface area (Å²) >= 11 is 0. The minimum Gasteiger partial charge on any atom is -0.394 e. The predicted octanol–water partition coefficient (Wildman–Crippen LogP) is -1.14. The molecule has 4 atom stereocenters. The molecule has 0 saturated carbocycles. The Labute approximate surface area is 165 Å². The lowest BCUT2D eigenvalue weighted by molar-refractivity contribution is -0.0229. The number of anilines is 1. The van der Waals surface area contributed by atoms with E-state index < -0.39 is 12.2 Å². The summed E-state index contributed by atoms with van der Waals surface area (Å²) in [4.78, 5) is 13.1. The molecule has 3 aliphatic heterocycles. The molecule has 3 fully saturated rings. The molecule has 3 aliphatic rings. The molecule has 0 radical (unpaired) electrons. The second-order valence-electron chi connectivity index (χ2n) is 7.74. The highest BCUT2D eigenvalue weighted by atomic mass is 16.5. The first-order chi connectivity index (χ1) is 13.8. The Bertz CT molecular complexity index is 595. The third kappa shape index (κ3) is 4.45. The third-order valence-electron chi connectivity index (χ3n) is 6.04. The van der Waals surface area contributed by atoms with Gasteiger partial charge in [0.2, 0.25) is 5.95 Å². The average molecular weight is 393 g/mol. The zero-order valence-electron chi connectivity index (χ0n) is 16.2. The molecule has 28 heavy (non-hydrogen) atoms. The second kappa shape index (κ2) is 9.43. The van der Waals surface area contributed by atoms with E-state index in [0.717, 1.165) is 58.2 Å². The zero-order chi connectivity index (χ0) is 19.3. The summed E-state index contributed by atoms with van der Waals surface area (Å²) in [5.41, 5.74) is 0. The largest absolute Gasteiger partial charge is 0.394 e. The van der Waals surface area contributed by atoms with E-state index in [-0.39, 0.29) is 18.8 Å². The van der Waals surface area contributed by atoms with E-state index in [1.54, 1.807) is 12.4 Å². The molecule has 0 aliphatic carbocycles. The SMILES string of the molecule is OCC1OC(CNC2CCOCC2)C(N2CCN(c3ncccn3)CC2)C1O. The summed E-state index contributed by atoms with van der Waals surface area (Å²) in [5.74, 6) is 0.747. The number of nitrogens with one attached hydrogen (secondary N) is 1. The van der Waals surface area contributed by atoms with Crippen molar-refractivity contribution in [1.29, 1.82) is 0 Å². The number of rotatable bonds is 6. The van der Waals surface area contributed by atoms with Crippen LogP contribution in [0.2, 0.25) is 0 Å². The highest BCUT2D eigenvalue weighted by molar-refractivity contribution is 5.29. The molecule has 3 saturated heterocycles. The van der Waals surface area contributed by atoms with Gasteiger partial charge in [-0.3, -0.25) is 4.90 Å². The molecule has 3 N–H and O–H groups in total. The van der Waals surface area contributed by atoms with Crippen LogP contribution in [0, 0.1) is 0 Å². The molecule has 0 aromatic carbocycles. The molecule has 1 aromatic heterocycles. The van der Waals surface area contributed by atoms with Gasteiger partial charge in [0.25, 0.3) is 0 Å². The van der Waals surface area contributed by atoms with Crippen molar-refractivity contribution >= 4 is 5.95 Å². The number of ether oxygens (including phenoxy) is 2. The van der Waals surface area contributed by atoms with Crippen molar-refractivity contribution < 1.29 is 19.7 Å². The first kappa shape index (κ1) is 19.9. The van der Waals surface area contributed by atoms with Crippen molar-refractivity contribution in [3.05, 3.63) is 18.5 Å². The molecule has 4 unspecified atom stereocenters. The smallest absolute Gasteiger partial charge is 0.225 e. The van der Waals surface area contributed by atoms with Crippen LogP contribution in [-0.4, -0.2) is 108 Å². The Balaban J connectivity index is 1.36. The molecule has 0 bridgehead atoms. The predicted molar refractivity (Wildman–Crippen MR) is 103 cm³/mol. The molecular weight excluding hydrogens is 362 g/mol. The van der Waals surface area contributed by atoms with Gasteiger partial charge in [0, 0.05) is 64.4 Å². The molecule has 9 heteroatoms. The van der Waals surface area contributed by atoms with Gasteiger partial charge in [-0.05, 0) is 18.9 Å². The summed E-state index contributed by atoms with van der Waals surface area (Å²) in [5, 5.41) is 24.0. The average Bonchev–Trinajstić information content (AvgIpc) is 3.09. The summed E-state index contributed by atoms with van der Waals surface area (Å²) in [7, 11) is 0. The van der Waals surface area contributed by atoms with Crippen LogP contribution in [0.25, 0.3) is 0 Å². The number of aliphatic hydroxyl groups is 2. The lowest BCUT2D eigenvalue weighted by Crippen LogP contribution is -2.58. The molecular formula is C19H31N5O4. The summed E-state index contributed by atoms with van der Waals surface area (Å²) in [6, 6.07) is 2.12. The van der Waals surface area contributed by atoms with Crippen LogP contribution in [0.3, 0.4) is 0 Å². The molecule has 9 nitrogen and oxygen atoms in total. The fourth-order valence-electron chi connectivity index (χ4n) is 4.46. The van der Waals surface area contributed by atoms with E-state index in [2.05, 4.69) is 25.1 Å². The number of piperazine rings is 1. The van der Waals surface area contributed by atoms with Crippen LogP contribution in [0.1, 0.15) is 12.8 Å². The van der Waals surface area contributed by atoms with Crippen molar-refractivity contribution in [2.75, 3.05) is 57.4 Å². The molecule has 4 rings (SSSR count). The second-order valence-corrected chi connectivity index (χ2v) is 7.74. The Hall–Kier alpha value is -1.36. The van der Waals surface area contributed by atoms with Gasteiger partial charge in [-0.2, -0.15) is 0 Å². The number of aromatic nitrogens is 2. The lowest BCUT2D eigenvalue weighted by atomic mass is 10.0. The van der Waals surface area contributed by atoms with Gasteiger partial charge in [-0.15, -0.1) is 0 Å². The Kier molecular flexibility index (Phi) is 6.71. The molecule has 1 aromatic rings. The molecule has 156 valence electrons. The first-order valence-corrected chi connectivity index (χ1v) is 10.3. The monoisotopic (exact) mass is 393 g/mol. The maximum Gasteiger partial charge on any atom is 0.225 e. The number of aliphatic hydroxyl groups excluding tert-OH is 2. The van der Waals surface area contributed by atoms with Crippen LogP contribution < -0.4 is 10.2 Å². The van der Waals surface area contributed by atoms with Crippen molar-refractivity contribution in [1.82, 2.24) is 20.2 Å². The van der Waals surface area contributed by atoms with Crippen LogP contribution in [0.5, 0.6) is 0 Å². The number of hydrogen-bond acceptors (Lipinski definition) is 9. The van der Waals surface area contributed by atoms with Crippen LogP contribution >= 0.6 is 0 Å². The topological polar surface area (TPSA) is 103 Å². The van der Waals surface area contributed by atoms with Crippen molar-refractivity contribution in [2.45, 2.75) is 43.2 Å². The van der Waals surface area contributed by atoms with Crippen molar-refractivity contribution in [3.63, 3.8) is 0 Å². The van der Waals surface area contributed by atoms with E-state index in [1.807, 2.05) is 6.07 Å². The summed E-state index contributed by atoms with van der Waals surface area (Å²) < 4.78 is 11.4. The van der Waals surface area contributed by atoms with Crippen LogP contribution in [-0.2, 0) is 9.47 Å². The van der Waals surface area contributed by atoms with Gasteiger partial charge >= 0.3 is 0 Å². The minimum atomic E-state index is -0.689. The fourth-order valence-corrected chi connectivity index (χ4v) is 4.46. The Morgan fingerprint density at radius 1 is 1.07 bits per heavy atom. The van der Waals surface area contributed by atoms with Gasteiger partial charge in [0.15, 0.2) is 0 Å². The van der Waals surface area contributed by atoms with Crippen LogP contribution in [0.4, 0.5) is 5.95 Å². The quantitative estimate of drug-likeness (QED) is 0.553. The minimum absolute atomic E-state index is 0.122. The highest BCUT2D eigenvalue weighted by Gasteiger charge is 2.46. The van der Waals surface area contributed by atoms with Gasteiger partial charge in [-0.25, -0.2) is 9.97 Å². The first-order valence-electron chi connectivity index (χ1n) is 10.3. The lowest BCUT2D eigenvalue weighted by Gasteiger charge is -2.40. The number of hydrogen-bond donors (Lipinski definition) is 3. The maximum atomic E-state index is 10.8. The van der Waals surface area contributed by atoms with Crippen molar-refractivity contribution in [3.8, 4) is 0 Å².